The van der Waals surface area contributed by atoms with Crippen molar-refractivity contribution in [2.75, 3.05) is 5.32 Å². The highest BCUT2D eigenvalue weighted by Gasteiger charge is 2.57. The lowest BCUT2D eigenvalue weighted by atomic mass is 10.0. The van der Waals surface area contributed by atoms with Gasteiger partial charge in [0, 0.05) is 26.1 Å². The van der Waals surface area contributed by atoms with Gasteiger partial charge in [0.15, 0.2) is 0 Å². The van der Waals surface area contributed by atoms with E-state index in [9.17, 15) is 9.18 Å². The summed E-state index contributed by atoms with van der Waals surface area (Å²) in [6.45, 7) is 1.72. The summed E-state index contributed by atoms with van der Waals surface area (Å²) >= 11 is 6.89. The van der Waals surface area contributed by atoms with Crippen LogP contribution in [0.1, 0.15) is 39.4 Å². The minimum Gasteiger partial charge on any atom is -0.322 e. The van der Waals surface area contributed by atoms with E-state index < -0.39 is 5.67 Å². The van der Waals surface area contributed by atoms with Gasteiger partial charge >= 0.3 is 0 Å². The van der Waals surface area contributed by atoms with Crippen LogP contribution < -0.4 is 5.32 Å². The molecule has 2 atom stereocenters. The molecule has 29 heavy (non-hydrogen) atoms. The largest absolute Gasteiger partial charge is 0.322 e. The number of nitrogens with one attached hydrogen (secondary N) is 1. The van der Waals surface area contributed by atoms with Gasteiger partial charge in [0.2, 0.25) is 0 Å². The lowest BCUT2D eigenvalue weighted by Gasteiger charge is -2.11. The number of amides is 1. The van der Waals surface area contributed by atoms with Crippen molar-refractivity contribution in [1.29, 1.82) is 0 Å². The van der Waals surface area contributed by atoms with E-state index in [0.717, 1.165) is 14.5 Å². The minimum atomic E-state index is -1.42. The molecule has 1 fully saturated rings. The Bertz CT molecular complexity index is 1100. The number of carbonyl (C=O) groups is 1. The molecule has 0 aromatic heterocycles. The number of rotatable bonds is 4. The van der Waals surface area contributed by atoms with Crippen molar-refractivity contribution < 1.29 is 13.6 Å². The van der Waals surface area contributed by atoms with Crippen LogP contribution in [0.3, 0.4) is 0 Å². The van der Waals surface area contributed by atoms with E-state index in [4.69, 9.17) is 0 Å². The molecule has 0 heterocycles. The van der Waals surface area contributed by atoms with Crippen LogP contribution in [-0.2, 0) is 5.67 Å². The first-order chi connectivity index (χ1) is 13.8. The van der Waals surface area contributed by atoms with E-state index in [1.54, 1.807) is 31.2 Å². The molecule has 0 spiro atoms. The topological polar surface area (TPSA) is 29.1 Å². The van der Waals surface area contributed by atoms with Gasteiger partial charge < -0.3 is 5.32 Å². The van der Waals surface area contributed by atoms with E-state index in [-0.39, 0.29) is 17.6 Å². The van der Waals surface area contributed by atoms with Crippen LogP contribution in [0, 0.1) is 12.7 Å². The molecule has 0 aliphatic heterocycles. The summed E-state index contributed by atoms with van der Waals surface area (Å²) in [6, 6.07) is 16.5. The average Bonchev–Trinajstić information content (AvgIpc) is 3.39. The van der Waals surface area contributed by atoms with E-state index in [1.807, 2.05) is 18.2 Å². The summed E-state index contributed by atoms with van der Waals surface area (Å²) < 4.78 is 30.5. The fraction of sp³-hybridized carbons (Fsp3) is 0.174. The summed E-state index contributed by atoms with van der Waals surface area (Å²) in [5.41, 5.74) is 1.69. The molecule has 3 aromatic rings. The number of hydrogen-bond acceptors (Lipinski definition) is 1. The van der Waals surface area contributed by atoms with Crippen LogP contribution in [0.25, 0.3) is 0 Å². The Morgan fingerprint density at radius 1 is 1.03 bits per heavy atom. The van der Waals surface area contributed by atoms with E-state index >= 15 is 4.39 Å². The second-order valence-corrected chi connectivity index (χ2v) is 8.99. The van der Waals surface area contributed by atoms with Gasteiger partial charge in [0.25, 0.3) is 5.91 Å². The molecule has 0 radical (unpaired) electrons. The van der Waals surface area contributed by atoms with Crippen LogP contribution in [0.2, 0.25) is 0 Å². The number of carbonyl (C=O) groups excluding carboxylic acids is 1. The Morgan fingerprint density at radius 3 is 2.41 bits per heavy atom. The van der Waals surface area contributed by atoms with Gasteiger partial charge in [0.05, 0.1) is 0 Å². The Balaban J connectivity index is 1.49. The summed E-state index contributed by atoms with van der Waals surface area (Å²) in [5, 5.41) is 2.76. The third-order valence-electron chi connectivity index (χ3n) is 5.30. The fourth-order valence-electron chi connectivity index (χ4n) is 3.53. The molecule has 4 rings (SSSR count). The molecule has 1 aliphatic rings. The quantitative estimate of drug-likeness (QED) is 0.385. The Kier molecular flexibility index (Phi) is 5.34. The van der Waals surface area contributed by atoms with Crippen LogP contribution in [0.5, 0.6) is 0 Å². The zero-order valence-corrected chi connectivity index (χ0v) is 18.7. The molecular weight excluding hydrogens is 504 g/mol. The molecule has 1 saturated carbocycles. The lowest BCUT2D eigenvalue weighted by molar-refractivity contribution is 0.102. The molecular formula is C23H17Br2F2NO. The van der Waals surface area contributed by atoms with Gasteiger partial charge in [-0.1, -0.05) is 18.2 Å². The van der Waals surface area contributed by atoms with Crippen LogP contribution >= 0.6 is 31.9 Å². The molecule has 0 bridgehead atoms. The van der Waals surface area contributed by atoms with Crippen LogP contribution in [-0.4, -0.2) is 5.91 Å². The van der Waals surface area contributed by atoms with Crippen LogP contribution in [0.4, 0.5) is 14.5 Å². The predicted molar refractivity (Wildman–Crippen MR) is 118 cm³/mol. The summed E-state index contributed by atoms with van der Waals surface area (Å²) in [5.74, 6) is -0.869. The van der Waals surface area contributed by atoms with E-state index in [0.29, 0.717) is 28.8 Å². The maximum Gasteiger partial charge on any atom is 0.255 e. The lowest BCUT2D eigenvalue weighted by Crippen LogP contribution is -2.13. The predicted octanol–water partition coefficient (Wildman–Crippen LogP) is 7.26. The zero-order chi connectivity index (χ0) is 20.8. The first-order valence-corrected chi connectivity index (χ1v) is 10.7. The summed E-state index contributed by atoms with van der Waals surface area (Å²) in [7, 11) is 0. The molecule has 0 saturated heterocycles. The minimum absolute atomic E-state index is 0.201. The second kappa shape index (κ2) is 7.65. The number of benzene rings is 3. The molecule has 1 amide bonds. The maximum absolute atomic E-state index is 15.4. The Morgan fingerprint density at radius 2 is 1.76 bits per heavy atom. The molecule has 2 nitrogen and oxygen atoms in total. The summed E-state index contributed by atoms with van der Waals surface area (Å²) in [4.78, 5) is 12.5. The van der Waals surface area contributed by atoms with Crippen molar-refractivity contribution in [3.63, 3.8) is 0 Å². The third kappa shape index (κ3) is 4.01. The van der Waals surface area contributed by atoms with Crippen molar-refractivity contribution in [2.24, 2.45) is 0 Å². The van der Waals surface area contributed by atoms with E-state index in [1.165, 1.54) is 18.2 Å². The number of anilines is 1. The number of alkyl halides is 1. The summed E-state index contributed by atoms with van der Waals surface area (Å²) in [6.07, 6.45) is 0.418. The number of aryl methyl sites for hydroxylation is 1. The first-order valence-electron chi connectivity index (χ1n) is 9.10. The van der Waals surface area contributed by atoms with Crippen molar-refractivity contribution in [3.8, 4) is 0 Å². The molecule has 2 unspecified atom stereocenters. The van der Waals surface area contributed by atoms with Gasteiger partial charge in [-0.05, 0) is 104 Å². The highest BCUT2D eigenvalue weighted by atomic mass is 79.9. The standard InChI is InChI=1S/C23H17Br2F2NO/c1-13-10-17(26)7-9-21(13)28-22(29)14-2-5-16(6-3-14)23(27)12-18(23)15-4-8-19(24)20(25)11-15/h2-11,18H,12H2,1H3,(H,28,29). The monoisotopic (exact) mass is 519 g/mol. The second-order valence-electron chi connectivity index (χ2n) is 7.28. The molecule has 6 heteroatoms. The molecule has 1 aliphatic carbocycles. The first kappa shape index (κ1) is 20.2. The maximum atomic E-state index is 15.4. The average molecular weight is 521 g/mol. The van der Waals surface area contributed by atoms with Crippen molar-refractivity contribution >= 4 is 43.5 Å². The van der Waals surface area contributed by atoms with Gasteiger partial charge in [-0.25, -0.2) is 8.78 Å². The molecule has 3 aromatic carbocycles. The highest BCUT2D eigenvalue weighted by Crippen LogP contribution is 2.62. The zero-order valence-electron chi connectivity index (χ0n) is 15.5. The van der Waals surface area contributed by atoms with Gasteiger partial charge in [-0.3, -0.25) is 4.79 Å². The Labute approximate surface area is 184 Å². The molecule has 148 valence electrons. The highest BCUT2D eigenvalue weighted by molar-refractivity contribution is 9.13. The van der Waals surface area contributed by atoms with Gasteiger partial charge in [-0.2, -0.15) is 0 Å². The number of halogens is 4. The normalized spacial score (nSPS) is 20.4. The molecule has 1 N–H and O–H groups in total. The van der Waals surface area contributed by atoms with E-state index in [2.05, 4.69) is 37.2 Å². The SMILES string of the molecule is Cc1cc(F)ccc1NC(=O)c1ccc(C2(F)CC2c2ccc(Br)c(Br)c2)cc1. The van der Waals surface area contributed by atoms with Crippen LogP contribution in [0.15, 0.2) is 69.6 Å². The van der Waals surface area contributed by atoms with Crippen molar-refractivity contribution in [1.82, 2.24) is 0 Å². The third-order valence-corrected chi connectivity index (χ3v) is 7.18. The van der Waals surface area contributed by atoms with Crippen molar-refractivity contribution in [2.45, 2.75) is 24.9 Å². The smallest absolute Gasteiger partial charge is 0.255 e. The van der Waals surface area contributed by atoms with Gasteiger partial charge in [0.1, 0.15) is 11.5 Å². The fourth-order valence-corrected chi connectivity index (χ4v) is 4.17. The van der Waals surface area contributed by atoms with Crippen molar-refractivity contribution in [3.05, 3.63) is 97.7 Å². The Hall–Kier alpha value is -2.05. The number of hydrogen-bond donors (Lipinski definition) is 1. The van der Waals surface area contributed by atoms with Gasteiger partial charge in [-0.15, -0.1) is 0 Å².